The van der Waals surface area contributed by atoms with Gasteiger partial charge in [0.05, 0.1) is 5.56 Å². The van der Waals surface area contributed by atoms with Gasteiger partial charge in [-0.1, -0.05) is 6.07 Å². The molecule has 0 saturated heterocycles. The van der Waals surface area contributed by atoms with Gasteiger partial charge < -0.3 is 8.85 Å². The molecule has 3 nitrogen and oxygen atoms in total. The summed E-state index contributed by atoms with van der Waals surface area (Å²) in [6, 6.07) is 5.59. The van der Waals surface area contributed by atoms with Gasteiger partial charge in [0.15, 0.2) is 5.78 Å². The summed E-state index contributed by atoms with van der Waals surface area (Å²) < 4.78 is 12.0. The lowest BCUT2D eigenvalue weighted by atomic mass is 10.1. The molecule has 0 fully saturated rings. The van der Waals surface area contributed by atoms with Gasteiger partial charge in [-0.3, -0.25) is 4.79 Å². The van der Waals surface area contributed by atoms with E-state index in [2.05, 4.69) is 39.3 Å². The first-order valence-electron chi connectivity index (χ1n) is 6.51. The molecule has 0 aliphatic rings. The molecule has 0 saturated carbocycles. The van der Waals surface area contributed by atoms with Gasteiger partial charge >= 0.3 is 0 Å². The SMILES string of the molecule is CC(=O)c1c(O[Si](C)(C)C)cccc1O[Si](C)(C)C. The summed E-state index contributed by atoms with van der Waals surface area (Å²) in [6.45, 7) is 14.2. The second kappa shape index (κ2) is 5.50. The lowest BCUT2D eigenvalue weighted by molar-refractivity contribution is 0.101. The van der Waals surface area contributed by atoms with Crippen LogP contribution >= 0.6 is 0 Å². The number of benzene rings is 1. The fourth-order valence-corrected chi connectivity index (χ4v) is 3.35. The molecule has 1 rings (SSSR count). The fraction of sp³-hybridized carbons (Fsp3) is 0.500. The Kier molecular flexibility index (Phi) is 4.63. The maximum Gasteiger partial charge on any atom is 0.242 e. The molecule has 0 bridgehead atoms. The van der Waals surface area contributed by atoms with Gasteiger partial charge in [0, 0.05) is 0 Å². The molecule has 0 unspecified atom stereocenters. The van der Waals surface area contributed by atoms with Crippen LogP contribution in [0.4, 0.5) is 0 Å². The molecule has 0 radical (unpaired) electrons. The highest BCUT2D eigenvalue weighted by molar-refractivity contribution is 6.71. The van der Waals surface area contributed by atoms with Crippen molar-refractivity contribution in [1.29, 1.82) is 0 Å². The number of carbonyl (C=O) groups excluding carboxylic acids is 1. The van der Waals surface area contributed by atoms with Crippen LogP contribution in [0.15, 0.2) is 18.2 Å². The van der Waals surface area contributed by atoms with Gasteiger partial charge in [-0.15, -0.1) is 0 Å². The second-order valence-electron chi connectivity index (χ2n) is 6.61. The number of Topliss-reactive ketones (excluding diaryl/α,β-unsaturated/α-hetero) is 1. The molecule has 0 spiro atoms. The quantitative estimate of drug-likeness (QED) is 0.600. The highest BCUT2D eigenvalue weighted by Crippen LogP contribution is 2.32. The molecule has 0 aromatic heterocycles. The minimum Gasteiger partial charge on any atom is -0.544 e. The summed E-state index contributed by atoms with van der Waals surface area (Å²) in [5, 5.41) is 0. The minimum atomic E-state index is -1.75. The normalized spacial score (nSPS) is 12.2. The Bertz CT molecular complexity index is 436. The van der Waals surface area contributed by atoms with Crippen molar-refractivity contribution in [2.75, 3.05) is 0 Å². The standard InChI is InChI=1S/C14H24O3Si2/c1-11(15)14-12(16-18(2,3)4)9-8-10-13(14)17-19(5,6)7/h8-10H,1-7H3. The van der Waals surface area contributed by atoms with E-state index in [9.17, 15) is 4.79 Å². The summed E-state index contributed by atoms with van der Waals surface area (Å²) in [6.07, 6.45) is 0. The Hall–Kier alpha value is -1.08. The Morgan fingerprint density at radius 3 is 1.53 bits per heavy atom. The van der Waals surface area contributed by atoms with E-state index >= 15 is 0 Å². The smallest absolute Gasteiger partial charge is 0.242 e. The minimum absolute atomic E-state index is 0.0119. The van der Waals surface area contributed by atoms with Crippen molar-refractivity contribution in [2.45, 2.75) is 46.2 Å². The van der Waals surface area contributed by atoms with Crippen LogP contribution in [0.5, 0.6) is 11.5 Å². The fourth-order valence-electron chi connectivity index (χ4n) is 1.69. The van der Waals surface area contributed by atoms with Crippen LogP contribution in [0, 0.1) is 0 Å². The van der Waals surface area contributed by atoms with Gasteiger partial charge in [0.1, 0.15) is 11.5 Å². The van der Waals surface area contributed by atoms with E-state index in [-0.39, 0.29) is 5.78 Å². The summed E-state index contributed by atoms with van der Waals surface area (Å²) >= 11 is 0. The summed E-state index contributed by atoms with van der Waals surface area (Å²) in [4.78, 5) is 11.9. The topological polar surface area (TPSA) is 35.5 Å². The summed E-state index contributed by atoms with van der Waals surface area (Å²) in [7, 11) is -3.51. The van der Waals surface area contributed by atoms with Crippen molar-refractivity contribution in [3.8, 4) is 11.5 Å². The van der Waals surface area contributed by atoms with Crippen LogP contribution in [0.1, 0.15) is 17.3 Å². The molecule has 0 aliphatic heterocycles. The summed E-state index contributed by atoms with van der Waals surface area (Å²) in [5.41, 5.74) is 0.576. The zero-order chi connectivity index (χ0) is 14.8. The van der Waals surface area contributed by atoms with Crippen molar-refractivity contribution < 1.29 is 13.6 Å². The van der Waals surface area contributed by atoms with Gasteiger partial charge in [-0.25, -0.2) is 0 Å². The Labute approximate surface area is 118 Å². The molecule has 0 atom stereocenters. The van der Waals surface area contributed by atoms with Crippen molar-refractivity contribution in [2.24, 2.45) is 0 Å². The molecule has 19 heavy (non-hydrogen) atoms. The molecule has 1 aromatic carbocycles. The van der Waals surface area contributed by atoms with Crippen LogP contribution in [0.25, 0.3) is 0 Å². The van der Waals surface area contributed by atoms with E-state index in [0.717, 1.165) is 0 Å². The van der Waals surface area contributed by atoms with Crippen molar-refractivity contribution in [1.82, 2.24) is 0 Å². The molecule has 106 valence electrons. The first-order chi connectivity index (χ1) is 8.49. The van der Waals surface area contributed by atoms with E-state index in [1.807, 2.05) is 18.2 Å². The third-order valence-corrected chi connectivity index (χ3v) is 3.84. The lowest BCUT2D eigenvalue weighted by Gasteiger charge is -2.25. The van der Waals surface area contributed by atoms with Crippen LogP contribution < -0.4 is 8.85 Å². The molecule has 0 amide bonds. The van der Waals surface area contributed by atoms with E-state index in [1.54, 1.807) is 6.92 Å². The number of hydrogen-bond acceptors (Lipinski definition) is 3. The summed E-state index contributed by atoms with van der Waals surface area (Å²) in [5.74, 6) is 1.30. The van der Waals surface area contributed by atoms with Crippen LogP contribution in [0.2, 0.25) is 39.3 Å². The molecule has 0 N–H and O–H groups in total. The van der Waals surface area contributed by atoms with Crippen LogP contribution in [-0.4, -0.2) is 22.4 Å². The molecule has 0 heterocycles. The van der Waals surface area contributed by atoms with Gasteiger partial charge in [-0.05, 0) is 58.3 Å². The van der Waals surface area contributed by atoms with Gasteiger partial charge in [0.25, 0.3) is 0 Å². The van der Waals surface area contributed by atoms with E-state index in [0.29, 0.717) is 17.1 Å². The second-order valence-corrected chi connectivity index (χ2v) is 15.5. The Morgan fingerprint density at radius 1 is 0.895 bits per heavy atom. The predicted octanol–water partition coefficient (Wildman–Crippen LogP) is 4.32. The van der Waals surface area contributed by atoms with Crippen LogP contribution in [0.3, 0.4) is 0 Å². The number of carbonyl (C=O) groups is 1. The van der Waals surface area contributed by atoms with Crippen molar-refractivity contribution >= 4 is 22.4 Å². The first-order valence-corrected chi connectivity index (χ1v) is 13.3. The zero-order valence-corrected chi connectivity index (χ0v) is 15.0. The van der Waals surface area contributed by atoms with E-state index in [4.69, 9.17) is 8.85 Å². The largest absolute Gasteiger partial charge is 0.544 e. The van der Waals surface area contributed by atoms with Crippen molar-refractivity contribution in [3.63, 3.8) is 0 Å². The van der Waals surface area contributed by atoms with Crippen molar-refractivity contribution in [3.05, 3.63) is 23.8 Å². The van der Waals surface area contributed by atoms with E-state index < -0.39 is 16.6 Å². The third-order valence-electron chi connectivity index (χ3n) is 2.17. The van der Waals surface area contributed by atoms with Gasteiger partial charge in [0.2, 0.25) is 16.6 Å². The molecule has 5 heteroatoms. The number of rotatable bonds is 5. The maximum absolute atomic E-state index is 11.9. The molecule has 1 aromatic rings. The average Bonchev–Trinajstić information content (AvgIpc) is 2.11. The lowest BCUT2D eigenvalue weighted by Crippen LogP contribution is -2.32. The van der Waals surface area contributed by atoms with E-state index in [1.165, 1.54) is 0 Å². The maximum atomic E-state index is 11.9. The number of ketones is 1. The predicted molar refractivity (Wildman–Crippen MR) is 84.4 cm³/mol. The number of hydrogen-bond donors (Lipinski definition) is 0. The van der Waals surface area contributed by atoms with Crippen LogP contribution in [-0.2, 0) is 0 Å². The molecule has 0 aliphatic carbocycles. The monoisotopic (exact) mass is 296 g/mol. The highest BCUT2D eigenvalue weighted by atomic mass is 28.4. The third kappa shape index (κ3) is 5.20. The molecular formula is C14H24O3Si2. The zero-order valence-electron chi connectivity index (χ0n) is 13.0. The van der Waals surface area contributed by atoms with Gasteiger partial charge in [-0.2, -0.15) is 0 Å². The Balaban J connectivity index is 3.26. The highest BCUT2D eigenvalue weighted by Gasteiger charge is 2.24. The molecular weight excluding hydrogens is 272 g/mol. The Morgan fingerprint density at radius 2 is 1.26 bits per heavy atom. The average molecular weight is 297 g/mol. The first kappa shape index (κ1) is 16.0.